The van der Waals surface area contributed by atoms with Crippen molar-refractivity contribution < 1.29 is 23.4 Å². The van der Waals surface area contributed by atoms with Crippen LogP contribution in [0.5, 0.6) is 17.2 Å². The summed E-state index contributed by atoms with van der Waals surface area (Å²) in [5.74, 6) is 0.709. The van der Waals surface area contributed by atoms with Gasteiger partial charge in [0.2, 0.25) is 0 Å². The zero-order valence-corrected chi connectivity index (χ0v) is 14.3. The fourth-order valence-electron chi connectivity index (χ4n) is 2.14. The minimum atomic E-state index is -0.752. The number of hydrogen-bond donors (Lipinski definition) is 1. The monoisotopic (exact) mass is 347 g/mol. The van der Waals surface area contributed by atoms with Crippen LogP contribution >= 0.6 is 0 Å². The van der Waals surface area contributed by atoms with E-state index in [1.54, 1.807) is 50.4 Å². The molecule has 0 aromatic heterocycles. The molecule has 0 bridgehead atoms. The largest absolute Gasteiger partial charge is 0.497 e. The maximum absolute atomic E-state index is 13.6. The number of halogens is 1. The zero-order valence-electron chi connectivity index (χ0n) is 14.3. The van der Waals surface area contributed by atoms with Gasteiger partial charge >= 0.3 is 0 Å². The molecule has 0 saturated heterocycles. The van der Waals surface area contributed by atoms with Crippen molar-refractivity contribution in [1.29, 1.82) is 0 Å². The van der Waals surface area contributed by atoms with E-state index in [9.17, 15) is 9.18 Å². The summed E-state index contributed by atoms with van der Waals surface area (Å²) in [6, 6.07) is 13.2. The summed E-state index contributed by atoms with van der Waals surface area (Å²) < 4.78 is 29.7. The summed E-state index contributed by atoms with van der Waals surface area (Å²) >= 11 is 0. The number of nitrogens with one attached hydrogen (secondary N) is 1. The van der Waals surface area contributed by atoms with Crippen molar-refractivity contribution >= 4 is 5.91 Å². The molecule has 0 aliphatic heterocycles. The summed E-state index contributed by atoms with van der Waals surface area (Å²) in [5, 5.41) is 2.73. The van der Waals surface area contributed by atoms with Gasteiger partial charge in [0.15, 0.2) is 17.7 Å². The summed E-state index contributed by atoms with van der Waals surface area (Å²) in [4.78, 5) is 12.2. The van der Waals surface area contributed by atoms with Crippen LogP contribution in [0.25, 0.3) is 0 Å². The fourth-order valence-corrected chi connectivity index (χ4v) is 2.14. The third-order valence-corrected chi connectivity index (χ3v) is 3.50. The van der Waals surface area contributed by atoms with E-state index >= 15 is 0 Å². The van der Waals surface area contributed by atoms with Crippen LogP contribution in [0.3, 0.4) is 0 Å². The summed E-state index contributed by atoms with van der Waals surface area (Å²) in [7, 11) is 1.60. The smallest absolute Gasteiger partial charge is 0.261 e. The van der Waals surface area contributed by atoms with Gasteiger partial charge in [-0.15, -0.1) is 0 Å². The first-order chi connectivity index (χ1) is 12.1. The molecule has 0 unspecified atom stereocenters. The maximum atomic E-state index is 13.6. The zero-order chi connectivity index (χ0) is 18.1. The van der Waals surface area contributed by atoms with Gasteiger partial charge in [-0.05, 0) is 42.8 Å². The highest BCUT2D eigenvalue weighted by molar-refractivity contribution is 5.81. The Kier molecular flexibility index (Phi) is 7.07. The van der Waals surface area contributed by atoms with E-state index in [-0.39, 0.29) is 11.7 Å². The number of benzene rings is 2. The van der Waals surface area contributed by atoms with Crippen LogP contribution in [0.4, 0.5) is 4.39 Å². The average Bonchev–Trinajstić information content (AvgIpc) is 2.65. The number of carbonyl (C=O) groups is 1. The third kappa shape index (κ3) is 5.67. The highest BCUT2D eigenvalue weighted by Gasteiger charge is 2.19. The molecule has 0 aliphatic carbocycles. The van der Waals surface area contributed by atoms with Gasteiger partial charge in [-0.25, -0.2) is 4.39 Å². The molecule has 1 amide bonds. The van der Waals surface area contributed by atoms with Gasteiger partial charge in [-0.2, -0.15) is 0 Å². The first-order valence-corrected chi connectivity index (χ1v) is 8.09. The SMILES string of the molecule is CC[C@H](Oc1ccccc1F)C(=O)NCCOc1ccc(OC)cc1. The minimum Gasteiger partial charge on any atom is -0.497 e. The number of methoxy groups -OCH3 is 1. The number of ether oxygens (including phenoxy) is 3. The highest BCUT2D eigenvalue weighted by Crippen LogP contribution is 2.18. The normalized spacial score (nSPS) is 11.5. The Bertz CT molecular complexity index is 675. The number of carbonyl (C=O) groups excluding carboxylic acids is 1. The Morgan fingerprint density at radius 3 is 2.44 bits per heavy atom. The number of para-hydroxylation sites is 1. The van der Waals surface area contributed by atoms with Crippen LogP contribution in [0, 0.1) is 5.82 Å². The van der Waals surface area contributed by atoms with E-state index in [1.165, 1.54) is 12.1 Å². The van der Waals surface area contributed by atoms with Crippen molar-refractivity contribution in [1.82, 2.24) is 5.32 Å². The van der Waals surface area contributed by atoms with Crippen molar-refractivity contribution in [2.45, 2.75) is 19.4 Å². The fraction of sp³-hybridized carbons (Fsp3) is 0.316. The molecule has 0 fully saturated rings. The minimum absolute atomic E-state index is 0.0685. The van der Waals surface area contributed by atoms with Gasteiger partial charge < -0.3 is 19.5 Å². The molecule has 1 N–H and O–H groups in total. The van der Waals surface area contributed by atoms with E-state index in [2.05, 4.69) is 5.32 Å². The van der Waals surface area contributed by atoms with Gasteiger partial charge in [0.1, 0.15) is 18.1 Å². The summed E-state index contributed by atoms with van der Waals surface area (Å²) in [6.07, 6.45) is -0.322. The molecular formula is C19H22FNO4. The van der Waals surface area contributed by atoms with Crippen LogP contribution in [0.2, 0.25) is 0 Å². The van der Waals surface area contributed by atoms with Gasteiger partial charge in [-0.1, -0.05) is 19.1 Å². The van der Waals surface area contributed by atoms with Crippen molar-refractivity contribution in [2.24, 2.45) is 0 Å². The Morgan fingerprint density at radius 1 is 1.12 bits per heavy atom. The lowest BCUT2D eigenvalue weighted by Crippen LogP contribution is -2.39. The van der Waals surface area contributed by atoms with Gasteiger partial charge in [0.25, 0.3) is 5.91 Å². The lowest BCUT2D eigenvalue weighted by Gasteiger charge is -2.17. The van der Waals surface area contributed by atoms with Crippen LogP contribution in [-0.4, -0.2) is 32.3 Å². The summed E-state index contributed by atoms with van der Waals surface area (Å²) in [6.45, 7) is 2.44. The van der Waals surface area contributed by atoms with E-state index in [1.807, 2.05) is 0 Å². The molecule has 0 heterocycles. The molecule has 1 atom stereocenters. The van der Waals surface area contributed by atoms with Crippen LogP contribution in [0.15, 0.2) is 48.5 Å². The lowest BCUT2D eigenvalue weighted by atomic mass is 10.2. The van der Waals surface area contributed by atoms with E-state index in [0.29, 0.717) is 25.3 Å². The number of rotatable bonds is 9. The molecule has 0 saturated carbocycles. The quantitative estimate of drug-likeness (QED) is 0.708. The Morgan fingerprint density at radius 2 is 1.80 bits per heavy atom. The predicted octanol–water partition coefficient (Wildman–Crippen LogP) is 3.19. The van der Waals surface area contributed by atoms with Crippen LogP contribution < -0.4 is 19.5 Å². The molecule has 5 nitrogen and oxygen atoms in total. The van der Waals surface area contributed by atoms with Gasteiger partial charge in [0, 0.05) is 0 Å². The van der Waals surface area contributed by atoms with E-state index in [0.717, 1.165) is 5.75 Å². The topological polar surface area (TPSA) is 56.8 Å². The molecule has 134 valence electrons. The highest BCUT2D eigenvalue weighted by atomic mass is 19.1. The predicted molar refractivity (Wildman–Crippen MR) is 92.6 cm³/mol. The molecule has 0 radical (unpaired) electrons. The van der Waals surface area contributed by atoms with Crippen LogP contribution in [0.1, 0.15) is 13.3 Å². The second-order valence-electron chi connectivity index (χ2n) is 5.26. The molecule has 2 rings (SSSR count). The maximum Gasteiger partial charge on any atom is 0.261 e. The van der Waals surface area contributed by atoms with E-state index < -0.39 is 11.9 Å². The van der Waals surface area contributed by atoms with E-state index in [4.69, 9.17) is 14.2 Å². The molecule has 2 aromatic rings. The third-order valence-electron chi connectivity index (χ3n) is 3.50. The van der Waals surface area contributed by atoms with Gasteiger partial charge in [-0.3, -0.25) is 4.79 Å². The summed E-state index contributed by atoms with van der Waals surface area (Å²) in [5.41, 5.74) is 0. The second-order valence-corrected chi connectivity index (χ2v) is 5.26. The van der Waals surface area contributed by atoms with Crippen molar-refractivity contribution in [3.63, 3.8) is 0 Å². The Hall–Kier alpha value is -2.76. The molecule has 0 aliphatic rings. The average molecular weight is 347 g/mol. The molecular weight excluding hydrogens is 325 g/mol. The van der Waals surface area contributed by atoms with Crippen LogP contribution in [-0.2, 0) is 4.79 Å². The molecule has 25 heavy (non-hydrogen) atoms. The standard InChI is InChI=1S/C19H22FNO4/c1-3-17(25-18-7-5-4-6-16(18)20)19(22)21-12-13-24-15-10-8-14(23-2)9-11-15/h4-11,17H,3,12-13H2,1-2H3,(H,21,22)/t17-/m0/s1. The van der Waals surface area contributed by atoms with Gasteiger partial charge in [0.05, 0.1) is 13.7 Å². The van der Waals surface area contributed by atoms with Crippen molar-refractivity contribution in [3.8, 4) is 17.2 Å². The first kappa shape index (κ1) is 18.6. The second kappa shape index (κ2) is 9.52. The number of hydrogen-bond acceptors (Lipinski definition) is 4. The molecule has 2 aromatic carbocycles. The van der Waals surface area contributed by atoms with Crippen molar-refractivity contribution in [2.75, 3.05) is 20.3 Å². The Balaban J connectivity index is 1.76. The number of amides is 1. The lowest BCUT2D eigenvalue weighted by molar-refractivity contribution is -0.128. The van der Waals surface area contributed by atoms with Crippen molar-refractivity contribution in [3.05, 3.63) is 54.3 Å². The first-order valence-electron chi connectivity index (χ1n) is 8.09. The Labute approximate surface area is 146 Å². The molecule has 6 heteroatoms. The molecule has 0 spiro atoms.